The van der Waals surface area contributed by atoms with Crippen LogP contribution in [0.15, 0.2) is 24.3 Å². The Morgan fingerprint density at radius 1 is 1.00 bits per heavy atom. The molecule has 104 valence electrons. The fourth-order valence-corrected chi connectivity index (χ4v) is 3.49. The lowest BCUT2D eigenvalue weighted by Gasteiger charge is -2.38. The zero-order valence-corrected chi connectivity index (χ0v) is 11.9. The molecule has 1 aromatic carbocycles. The van der Waals surface area contributed by atoms with Gasteiger partial charge in [0, 0.05) is 37.4 Å². The van der Waals surface area contributed by atoms with E-state index in [4.69, 9.17) is 5.73 Å². The van der Waals surface area contributed by atoms with E-state index in [1.165, 1.54) is 24.1 Å². The van der Waals surface area contributed by atoms with E-state index < -0.39 is 0 Å². The second-order valence-electron chi connectivity index (χ2n) is 6.17. The molecule has 2 aliphatic rings. The minimum Gasteiger partial charge on any atom is -0.369 e. The lowest BCUT2D eigenvalue weighted by molar-refractivity contribution is 0.312. The summed E-state index contributed by atoms with van der Waals surface area (Å²) < 4.78 is 0. The predicted molar refractivity (Wildman–Crippen MR) is 80.5 cm³/mol. The molecule has 1 saturated carbocycles. The van der Waals surface area contributed by atoms with Crippen molar-refractivity contribution >= 4 is 5.69 Å². The van der Waals surface area contributed by atoms with Gasteiger partial charge in [-0.3, -0.25) is 0 Å². The van der Waals surface area contributed by atoms with Gasteiger partial charge in [-0.2, -0.15) is 0 Å². The third kappa shape index (κ3) is 2.49. The number of hydrogen-bond donors (Lipinski definition) is 1. The molecule has 3 heteroatoms. The van der Waals surface area contributed by atoms with Gasteiger partial charge in [0.25, 0.3) is 0 Å². The molecule has 2 fully saturated rings. The van der Waals surface area contributed by atoms with E-state index in [2.05, 4.69) is 41.1 Å². The van der Waals surface area contributed by atoms with Gasteiger partial charge in [0.05, 0.1) is 0 Å². The highest BCUT2D eigenvalue weighted by Gasteiger charge is 2.34. The smallest absolute Gasteiger partial charge is 0.0430 e. The zero-order chi connectivity index (χ0) is 13.3. The van der Waals surface area contributed by atoms with Crippen LogP contribution in [0.5, 0.6) is 0 Å². The summed E-state index contributed by atoms with van der Waals surface area (Å²) in [5.41, 5.74) is 9.34. The molecule has 3 rings (SSSR count). The summed E-state index contributed by atoms with van der Waals surface area (Å²) in [6, 6.07) is 8.80. The summed E-state index contributed by atoms with van der Waals surface area (Å²) in [4.78, 5) is 4.91. The number of nitrogens with two attached hydrogens (primary N) is 1. The van der Waals surface area contributed by atoms with E-state index in [0.717, 1.165) is 39.0 Å². The van der Waals surface area contributed by atoms with Gasteiger partial charge in [-0.15, -0.1) is 0 Å². The Labute approximate surface area is 116 Å². The monoisotopic (exact) mass is 259 g/mol. The van der Waals surface area contributed by atoms with Crippen LogP contribution in [0.1, 0.15) is 31.2 Å². The Kier molecular flexibility index (Phi) is 3.50. The Balaban J connectivity index is 1.89. The molecule has 0 bridgehead atoms. The maximum Gasteiger partial charge on any atom is 0.0430 e. The largest absolute Gasteiger partial charge is 0.369 e. The van der Waals surface area contributed by atoms with E-state index in [1.54, 1.807) is 0 Å². The van der Waals surface area contributed by atoms with E-state index in [0.29, 0.717) is 0 Å². The number of anilines is 1. The topological polar surface area (TPSA) is 32.5 Å². The summed E-state index contributed by atoms with van der Waals surface area (Å²) >= 11 is 0. The summed E-state index contributed by atoms with van der Waals surface area (Å²) in [6.07, 6.45) is 4.82. The molecule has 19 heavy (non-hydrogen) atoms. The maximum absolute atomic E-state index is 6.68. The molecule has 3 nitrogen and oxygen atoms in total. The van der Waals surface area contributed by atoms with Crippen LogP contribution in [-0.4, -0.2) is 38.1 Å². The molecule has 1 aliphatic heterocycles. The van der Waals surface area contributed by atoms with E-state index in [9.17, 15) is 0 Å². The minimum absolute atomic E-state index is 0.0834. The molecule has 0 spiro atoms. The van der Waals surface area contributed by atoms with Gasteiger partial charge in [-0.1, -0.05) is 31.0 Å². The third-order valence-corrected chi connectivity index (χ3v) is 4.78. The van der Waals surface area contributed by atoms with Crippen LogP contribution in [0.4, 0.5) is 5.69 Å². The molecule has 0 amide bonds. The van der Waals surface area contributed by atoms with Gasteiger partial charge < -0.3 is 15.5 Å². The van der Waals surface area contributed by atoms with Crippen molar-refractivity contribution in [1.29, 1.82) is 0 Å². The first-order valence-corrected chi connectivity index (χ1v) is 7.51. The van der Waals surface area contributed by atoms with Crippen molar-refractivity contribution in [2.24, 2.45) is 5.73 Å². The lowest BCUT2D eigenvalue weighted by Crippen LogP contribution is -2.46. The van der Waals surface area contributed by atoms with Crippen molar-refractivity contribution in [3.63, 3.8) is 0 Å². The van der Waals surface area contributed by atoms with Crippen molar-refractivity contribution in [2.75, 3.05) is 38.1 Å². The number of para-hydroxylation sites is 1. The summed E-state index contributed by atoms with van der Waals surface area (Å²) in [6.45, 7) is 4.52. The van der Waals surface area contributed by atoms with Crippen LogP contribution in [0, 0.1) is 0 Å². The van der Waals surface area contributed by atoms with Crippen molar-refractivity contribution < 1.29 is 0 Å². The van der Waals surface area contributed by atoms with Crippen LogP contribution in [0.2, 0.25) is 0 Å². The highest BCUT2D eigenvalue weighted by Crippen LogP contribution is 2.40. The molecule has 1 saturated heterocycles. The molecule has 0 aromatic heterocycles. The Bertz CT molecular complexity index is 429. The lowest BCUT2D eigenvalue weighted by atomic mass is 9.87. The molecule has 0 radical (unpaired) electrons. The minimum atomic E-state index is -0.0834. The van der Waals surface area contributed by atoms with E-state index in [1.807, 2.05) is 0 Å². The quantitative estimate of drug-likeness (QED) is 0.883. The molecule has 0 atom stereocenters. The zero-order valence-electron chi connectivity index (χ0n) is 11.9. The van der Waals surface area contributed by atoms with Crippen molar-refractivity contribution in [3.8, 4) is 0 Å². The first-order valence-electron chi connectivity index (χ1n) is 7.51. The van der Waals surface area contributed by atoms with Crippen molar-refractivity contribution in [2.45, 2.75) is 31.2 Å². The molecule has 0 unspecified atom stereocenters. The Morgan fingerprint density at radius 3 is 2.32 bits per heavy atom. The number of rotatable bonds is 2. The molecule has 1 aliphatic carbocycles. The van der Waals surface area contributed by atoms with Gasteiger partial charge >= 0.3 is 0 Å². The van der Waals surface area contributed by atoms with Crippen LogP contribution in [0.3, 0.4) is 0 Å². The average Bonchev–Trinajstić information content (AvgIpc) is 2.88. The number of hydrogen-bond acceptors (Lipinski definition) is 3. The second-order valence-corrected chi connectivity index (χ2v) is 6.17. The predicted octanol–water partition coefficient (Wildman–Crippen LogP) is 2.17. The number of likely N-dealkylation sites (N-methyl/N-ethyl adjacent to an activating group) is 1. The second kappa shape index (κ2) is 5.14. The third-order valence-electron chi connectivity index (χ3n) is 4.78. The normalized spacial score (nSPS) is 23.8. The molecule has 2 N–H and O–H groups in total. The van der Waals surface area contributed by atoms with Crippen LogP contribution < -0.4 is 10.6 Å². The van der Waals surface area contributed by atoms with Gasteiger partial charge in [-0.05, 0) is 31.5 Å². The van der Waals surface area contributed by atoms with Gasteiger partial charge in [0.15, 0.2) is 0 Å². The summed E-state index contributed by atoms with van der Waals surface area (Å²) in [5.74, 6) is 0. The van der Waals surface area contributed by atoms with Gasteiger partial charge in [-0.25, -0.2) is 0 Å². The number of piperazine rings is 1. The van der Waals surface area contributed by atoms with Gasteiger partial charge in [0.1, 0.15) is 0 Å². The fourth-order valence-electron chi connectivity index (χ4n) is 3.49. The highest BCUT2D eigenvalue weighted by atomic mass is 15.2. The molecule has 1 aromatic rings. The average molecular weight is 259 g/mol. The van der Waals surface area contributed by atoms with Gasteiger partial charge in [0.2, 0.25) is 0 Å². The first-order chi connectivity index (χ1) is 9.19. The summed E-state index contributed by atoms with van der Waals surface area (Å²) in [5, 5.41) is 0. The van der Waals surface area contributed by atoms with Crippen LogP contribution in [0.25, 0.3) is 0 Å². The van der Waals surface area contributed by atoms with Crippen LogP contribution >= 0.6 is 0 Å². The number of nitrogens with zero attached hydrogens (tertiary/aromatic N) is 2. The van der Waals surface area contributed by atoms with Crippen molar-refractivity contribution in [1.82, 2.24) is 4.90 Å². The Morgan fingerprint density at radius 2 is 1.63 bits per heavy atom. The molecule has 1 heterocycles. The highest BCUT2D eigenvalue weighted by molar-refractivity contribution is 5.57. The van der Waals surface area contributed by atoms with E-state index >= 15 is 0 Å². The van der Waals surface area contributed by atoms with Crippen molar-refractivity contribution in [3.05, 3.63) is 29.8 Å². The fraction of sp³-hybridized carbons (Fsp3) is 0.625. The SMILES string of the molecule is CN1CCN(c2ccccc2C2(N)CCCC2)CC1. The molecular weight excluding hydrogens is 234 g/mol. The first kappa shape index (κ1) is 12.9. The summed E-state index contributed by atoms with van der Waals surface area (Å²) in [7, 11) is 2.20. The number of benzene rings is 1. The molecular formula is C16H25N3. The van der Waals surface area contributed by atoms with Crippen LogP contribution in [-0.2, 0) is 5.54 Å². The maximum atomic E-state index is 6.68. The van der Waals surface area contributed by atoms with E-state index in [-0.39, 0.29) is 5.54 Å². The standard InChI is InChI=1S/C16H25N3/c1-18-10-12-19(13-11-18)15-7-3-2-6-14(15)16(17)8-4-5-9-16/h2-3,6-7H,4-5,8-13,17H2,1H3. The Hall–Kier alpha value is -1.06.